The molecule has 1 aliphatic rings. The molecule has 0 unspecified atom stereocenters. The molecule has 33 heavy (non-hydrogen) atoms. The van der Waals surface area contributed by atoms with Crippen molar-refractivity contribution in [2.75, 3.05) is 6.54 Å². The first-order valence-corrected chi connectivity index (χ1v) is 10.8. The molecule has 0 bridgehead atoms. The van der Waals surface area contributed by atoms with E-state index in [1.54, 1.807) is 42.5 Å². The predicted molar refractivity (Wildman–Crippen MR) is 123 cm³/mol. The highest BCUT2D eigenvalue weighted by Crippen LogP contribution is 2.32. The van der Waals surface area contributed by atoms with Crippen molar-refractivity contribution in [1.29, 1.82) is 0 Å². The molecule has 1 atom stereocenters. The molecule has 9 heteroatoms. The summed E-state index contributed by atoms with van der Waals surface area (Å²) in [6.45, 7) is -0.682. The number of hydrogen-bond donors (Lipinski definition) is 0. The van der Waals surface area contributed by atoms with Crippen LogP contribution in [0.2, 0.25) is 15.1 Å². The highest BCUT2D eigenvalue weighted by molar-refractivity contribution is 6.43. The molecular formula is C24H14Cl3NO5. The second kappa shape index (κ2) is 9.35. The van der Waals surface area contributed by atoms with Crippen molar-refractivity contribution in [1.82, 2.24) is 4.90 Å². The summed E-state index contributed by atoms with van der Waals surface area (Å²) in [6, 6.07) is 17.1. The van der Waals surface area contributed by atoms with Gasteiger partial charge in [0.1, 0.15) is 6.54 Å². The third kappa shape index (κ3) is 4.64. The number of carbonyl (C=O) groups is 4. The van der Waals surface area contributed by atoms with E-state index in [0.29, 0.717) is 10.6 Å². The van der Waals surface area contributed by atoms with Crippen LogP contribution in [0.5, 0.6) is 0 Å². The summed E-state index contributed by atoms with van der Waals surface area (Å²) in [5.41, 5.74) is 0.802. The van der Waals surface area contributed by atoms with Crippen LogP contribution in [-0.2, 0) is 9.53 Å². The number of ether oxygens (including phenoxy) is 1. The number of halogens is 3. The molecule has 4 rings (SSSR count). The topological polar surface area (TPSA) is 80.8 Å². The van der Waals surface area contributed by atoms with Crippen LogP contribution in [0.1, 0.15) is 42.7 Å². The second-order valence-electron chi connectivity index (χ2n) is 7.16. The molecule has 0 aliphatic carbocycles. The van der Waals surface area contributed by atoms with E-state index in [1.807, 2.05) is 0 Å². The molecule has 6 nitrogen and oxygen atoms in total. The molecular weight excluding hydrogens is 489 g/mol. The van der Waals surface area contributed by atoms with Gasteiger partial charge in [0.15, 0.2) is 6.10 Å². The van der Waals surface area contributed by atoms with Crippen LogP contribution < -0.4 is 0 Å². The van der Waals surface area contributed by atoms with Crippen molar-refractivity contribution in [3.8, 4) is 0 Å². The Morgan fingerprint density at radius 3 is 1.91 bits per heavy atom. The van der Waals surface area contributed by atoms with Gasteiger partial charge in [-0.1, -0.05) is 65.1 Å². The number of benzene rings is 3. The number of carbonyl (C=O) groups excluding carboxylic acids is 4. The van der Waals surface area contributed by atoms with Gasteiger partial charge in [0.05, 0.1) is 21.2 Å². The standard InChI is InChI=1S/C24H14Cl3NO5/c25-15-8-6-13(7-9-15)21(30)22(14-4-2-1-3-5-14)33-20(29)12-28-23(31)16-10-18(26)19(27)11-17(16)24(28)32/h1-11,22H,12H2/t22-/m1/s1. The molecule has 3 aromatic carbocycles. The minimum absolute atomic E-state index is 0.0408. The van der Waals surface area contributed by atoms with E-state index in [-0.39, 0.29) is 26.7 Å². The summed E-state index contributed by atoms with van der Waals surface area (Å²) in [5.74, 6) is -2.82. The smallest absolute Gasteiger partial charge is 0.327 e. The average molecular weight is 503 g/mol. The normalized spacial score (nSPS) is 13.6. The van der Waals surface area contributed by atoms with Gasteiger partial charge in [0, 0.05) is 16.1 Å². The van der Waals surface area contributed by atoms with E-state index in [4.69, 9.17) is 39.5 Å². The lowest BCUT2D eigenvalue weighted by Crippen LogP contribution is -2.36. The average Bonchev–Trinajstić information content (AvgIpc) is 3.02. The van der Waals surface area contributed by atoms with Gasteiger partial charge in [-0.2, -0.15) is 0 Å². The highest BCUT2D eigenvalue weighted by atomic mass is 35.5. The van der Waals surface area contributed by atoms with Gasteiger partial charge in [-0.3, -0.25) is 24.1 Å². The van der Waals surface area contributed by atoms with Crippen LogP contribution in [0.15, 0.2) is 66.7 Å². The fourth-order valence-electron chi connectivity index (χ4n) is 3.39. The minimum Gasteiger partial charge on any atom is -0.448 e. The lowest BCUT2D eigenvalue weighted by Gasteiger charge is -2.19. The lowest BCUT2D eigenvalue weighted by molar-refractivity contribution is -0.147. The summed E-state index contributed by atoms with van der Waals surface area (Å²) in [5, 5.41) is 0.669. The number of esters is 1. The van der Waals surface area contributed by atoms with Gasteiger partial charge < -0.3 is 4.74 Å². The summed E-state index contributed by atoms with van der Waals surface area (Å²) < 4.78 is 5.47. The largest absolute Gasteiger partial charge is 0.448 e. The first kappa shape index (κ1) is 23.0. The molecule has 3 aromatic rings. The van der Waals surface area contributed by atoms with Gasteiger partial charge in [-0.15, -0.1) is 0 Å². The van der Waals surface area contributed by atoms with Crippen LogP contribution in [0.4, 0.5) is 0 Å². The van der Waals surface area contributed by atoms with Gasteiger partial charge in [0.2, 0.25) is 5.78 Å². The van der Waals surface area contributed by atoms with Gasteiger partial charge >= 0.3 is 5.97 Å². The minimum atomic E-state index is -1.28. The van der Waals surface area contributed by atoms with Crippen LogP contribution >= 0.6 is 34.8 Å². The van der Waals surface area contributed by atoms with E-state index in [1.165, 1.54) is 24.3 Å². The third-order valence-electron chi connectivity index (χ3n) is 5.02. The summed E-state index contributed by atoms with van der Waals surface area (Å²) in [7, 11) is 0. The SMILES string of the molecule is O=C(CN1C(=O)c2cc(Cl)c(Cl)cc2C1=O)O[C@@H](C(=O)c1ccc(Cl)cc1)c1ccccc1. The molecule has 2 amide bonds. The molecule has 0 spiro atoms. The van der Waals surface area contributed by atoms with E-state index in [9.17, 15) is 19.2 Å². The Morgan fingerprint density at radius 2 is 1.36 bits per heavy atom. The molecule has 0 fully saturated rings. The number of ketones is 1. The van der Waals surface area contributed by atoms with E-state index < -0.39 is 36.2 Å². The Bertz CT molecular complexity index is 1230. The van der Waals surface area contributed by atoms with Crippen LogP contribution in [-0.4, -0.2) is 35.0 Å². The monoisotopic (exact) mass is 501 g/mol. The molecule has 0 saturated heterocycles. The molecule has 0 saturated carbocycles. The lowest BCUT2D eigenvalue weighted by atomic mass is 10.00. The van der Waals surface area contributed by atoms with Crippen LogP contribution in [0, 0.1) is 0 Å². The van der Waals surface area contributed by atoms with Gasteiger partial charge in [-0.25, -0.2) is 0 Å². The molecule has 0 radical (unpaired) electrons. The first-order valence-electron chi connectivity index (χ1n) is 9.65. The number of fused-ring (bicyclic) bond motifs is 1. The van der Waals surface area contributed by atoms with E-state index in [0.717, 1.165) is 4.90 Å². The van der Waals surface area contributed by atoms with Crippen LogP contribution in [0.3, 0.4) is 0 Å². The quantitative estimate of drug-likeness (QED) is 0.256. The third-order valence-corrected chi connectivity index (χ3v) is 5.99. The fourth-order valence-corrected chi connectivity index (χ4v) is 3.84. The van der Waals surface area contributed by atoms with E-state index in [2.05, 4.69) is 0 Å². The number of imide groups is 1. The second-order valence-corrected chi connectivity index (χ2v) is 8.41. The Morgan fingerprint density at radius 1 is 0.818 bits per heavy atom. The van der Waals surface area contributed by atoms with Crippen molar-refractivity contribution in [2.24, 2.45) is 0 Å². The van der Waals surface area contributed by atoms with Gasteiger partial charge in [-0.05, 0) is 36.4 Å². The molecule has 0 N–H and O–H groups in total. The van der Waals surface area contributed by atoms with Crippen molar-refractivity contribution >= 4 is 58.4 Å². The molecule has 0 aromatic heterocycles. The van der Waals surface area contributed by atoms with Crippen molar-refractivity contribution < 1.29 is 23.9 Å². The maximum atomic E-state index is 13.1. The zero-order chi connectivity index (χ0) is 23.7. The molecule has 166 valence electrons. The number of nitrogens with zero attached hydrogens (tertiary/aromatic N) is 1. The first-order chi connectivity index (χ1) is 15.8. The fraction of sp³-hybridized carbons (Fsp3) is 0.0833. The Kier molecular flexibility index (Phi) is 6.51. The Balaban J connectivity index is 1.56. The zero-order valence-electron chi connectivity index (χ0n) is 16.8. The van der Waals surface area contributed by atoms with Crippen molar-refractivity contribution in [3.63, 3.8) is 0 Å². The Labute approximate surface area is 203 Å². The maximum Gasteiger partial charge on any atom is 0.327 e. The summed E-state index contributed by atoms with van der Waals surface area (Å²) >= 11 is 17.8. The highest BCUT2D eigenvalue weighted by Gasteiger charge is 2.38. The number of amides is 2. The number of hydrogen-bond acceptors (Lipinski definition) is 5. The summed E-state index contributed by atoms with van der Waals surface area (Å²) in [4.78, 5) is 51.9. The summed E-state index contributed by atoms with van der Waals surface area (Å²) in [6.07, 6.45) is -1.28. The number of rotatable bonds is 6. The van der Waals surface area contributed by atoms with Crippen LogP contribution in [0.25, 0.3) is 0 Å². The number of Topliss-reactive ketones (excluding diaryl/α,β-unsaturated/α-hetero) is 1. The zero-order valence-corrected chi connectivity index (χ0v) is 19.0. The molecule has 1 aliphatic heterocycles. The predicted octanol–water partition coefficient (Wildman–Crippen LogP) is 5.41. The molecule has 1 heterocycles. The van der Waals surface area contributed by atoms with Crippen molar-refractivity contribution in [3.05, 3.63) is 104 Å². The maximum absolute atomic E-state index is 13.1. The Hall–Kier alpha value is -3.19. The van der Waals surface area contributed by atoms with E-state index >= 15 is 0 Å². The van der Waals surface area contributed by atoms with Gasteiger partial charge in [0.25, 0.3) is 11.8 Å². The van der Waals surface area contributed by atoms with Crippen molar-refractivity contribution in [2.45, 2.75) is 6.10 Å².